The molecule has 2 amide bonds. The molecule has 5 rings (SSSR count). The number of carbonyl (C=O) groups excluding carboxylic acids is 2. The average molecular weight is 432 g/mol. The molecule has 3 heterocycles. The topological polar surface area (TPSA) is 65.6 Å². The summed E-state index contributed by atoms with van der Waals surface area (Å²) < 4.78 is 5.34. The highest BCUT2D eigenvalue weighted by Crippen LogP contribution is 2.48. The van der Waals surface area contributed by atoms with E-state index in [0.29, 0.717) is 19.0 Å². The highest BCUT2D eigenvalue weighted by atomic mass is 16.5. The molecule has 0 bridgehead atoms. The van der Waals surface area contributed by atoms with Crippen LogP contribution in [0.4, 0.5) is 0 Å². The maximum Gasteiger partial charge on any atom is 0.254 e. The van der Waals surface area contributed by atoms with Gasteiger partial charge >= 0.3 is 0 Å². The molecule has 0 radical (unpaired) electrons. The van der Waals surface area contributed by atoms with Crippen LogP contribution in [0.15, 0.2) is 48.5 Å². The third-order valence-electron chi connectivity index (χ3n) is 6.92. The molecule has 3 aromatic rings. The van der Waals surface area contributed by atoms with E-state index in [4.69, 9.17) is 4.74 Å². The van der Waals surface area contributed by atoms with E-state index in [9.17, 15) is 9.59 Å². The zero-order valence-corrected chi connectivity index (χ0v) is 19.0. The summed E-state index contributed by atoms with van der Waals surface area (Å²) in [5.41, 5.74) is 2.99. The SMILES string of the molecule is COc1ccc(C2CN3C(=O)CN(CC(C)C)C(=O)C3(C)c3[nH]c4ccccc4c32)cc1. The standard InChI is InChI=1S/C26H29N3O3/c1-16(2)13-28-15-22(30)29-14-20(17-9-11-18(32-4)12-10-17)23-19-7-5-6-8-21(19)27-24(23)26(29,3)25(28)31/h5-12,16,20,27H,13-15H2,1-4H3. The molecule has 1 aromatic heterocycles. The Labute approximate surface area is 188 Å². The van der Waals surface area contributed by atoms with Crippen molar-refractivity contribution in [2.24, 2.45) is 5.92 Å². The molecular formula is C26H29N3O3. The second-order valence-corrected chi connectivity index (χ2v) is 9.44. The van der Waals surface area contributed by atoms with Gasteiger partial charge in [-0.15, -0.1) is 0 Å². The number of aromatic nitrogens is 1. The fraction of sp³-hybridized carbons (Fsp3) is 0.385. The van der Waals surface area contributed by atoms with E-state index in [1.54, 1.807) is 16.9 Å². The molecule has 2 atom stereocenters. The lowest BCUT2D eigenvalue weighted by molar-refractivity contribution is -0.166. The van der Waals surface area contributed by atoms with Gasteiger partial charge in [0, 0.05) is 29.9 Å². The highest BCUT2D eigenvalue weighted by Gasteiger charge is 2.56. The Bertz CT molecular complexity index is 1200. The molecule has 0 saturated carbocycles. The summed E-state index contributed by atoms with van der Waals surface area (Å²) in [5, 5.41) is 1.10. The maximum atomic E-state index is 13.8. The van der Waals surface area contributed by atoms with E-state index in [2.05, 4.69) is 37.0 Å². The van der Waals surface area contributed by atoms with Gasteiger partial charge in [-0.25, -0.2) is 0 Å². The summed E-state index contributed by atoms with van der Waals surface area (Å²) in [4.78, 5) is 34.3. The first-order valence-electron chi connectivity index (χ1n) is 11.2. The zero-order chi connectivity index (χ0) is 22.6. The van der Waals surface area contributed by atoms with Crippen LogP contribution in [0, 0.1) is 5.92 Å². The van der Waals surface area contributed by atoms with Gasteiger partial charge in [-0.2, -0.15) is 0 Å². The molecule has 2 aliphatic rings. The van der Waals surface area contributed by atoms with E-state index in [0.717, 1.165) is 33.5 Å². The molecule has 32 heavy (non-hydrogen) atoms. The van der Waals surface area contributed by atoms with Crippen LogP contribution < -0.4 is 4.74 Å². The Morgan fingerprint density at radius 3 is 2.53 bits per heavy atom. The molecule has 2 unspecified atom stereocenters. The highest BCUT2D eigenvalue weighted by molar-refractivity contribution is 6.01. The molecule has 0 spiro atoms. The fourth-order valence-corrected chi connectivity index (χ4v) is 5.40. The minimum atomic E-state index is -1.04. The Balaban J connectivity index is 1.71. The predicted octanol–water partition coefficient (Wildman–Crippen LogP) is 3.86. The van der Waals surface area contributed by atoms with Crippen molar-refractivity contribution in [1.29, 1.82) is 0 Å². The van der Waals surface area contributed by atoms with Crippen molar-refractivity contribution in [1.82, 2.24) is 14.8 Å². The summed E-state index contributed by atoms with van der Waals surface area (Å²) in [6, 6.07) is 16.2. The lowest BCUT2D eigenvalue weighted by Gasteiger charge is -2.51. The van der Waals surface area contributed by atoms with Crippen LogP contribution in [-0.2, 0) is 15.1 Å². The minimum Gasteiger partial charge on any atom is -0.497 e. The van der Waals surface area contributed by atoms with Gasteiger partial charge in [0.15, 0.2) is 5.54 Å². The van der Waals surface area contributed by atoms with Crippen molar-refractivity contribution in [2.45, 2.75) is 32.2 Å². The van der Waals surface area contributed by atoms with Crippen LogP contribution in [0.25, 0.3) is 10.9 Å². The van der Waals surface area contributed by atoms with Crippen molar-refractivity contribution in [2.75, 3.05) is 26.7 Å². The van der Waals surface area contributed by atoms with Crippen LogP contribution >= 0.6 is 0 Å². The number of rotatable bonds is 4. The van der Waals surface area contributed by atoms with Crippen molar-refractivity contribution in [3.63, 3.8) is 0 Å². The Morgan fingerprint density at radius 1 is 1.12 bits per heavy atom. The first-order valence-corrected chi connectivity index (χ1v) is 11.2. The molecule has 2 aliphatic heterocycles. The quantitative estimate of drug-likeness (QED) is 0.682. The number of piperazine rings is 1. The molecule has 2 aromatic carbocycles. The molecule has 6 nitrogen and oxygen atoms in total. The molecule has 166 valence electrons. The average Bonchev–Trinajstić information content (AvgIpc) is 3.18. The van der Waals surface area contributed by atoms with Crippen molar-refractivity contribution >= 4 is 22.7 Å². The van der Waals surface area contributed by atoms with Gasteiger partial charge in [-0.3, -0.25) is 9.59 Å². The number of nitrogens with zero attached hydrogens (tertiary/aromatic N) is 2. The van der Waals surface area contributed by atoms with E-state index >= 15 is 0 Å². The van der Waals surface area contributed by atoms with Gasteiger partial charge in [0.1, 0.15) is 5.75 Å². The Hall–Kier alpha value is -3.28. The number of benzene rings is 2. The molecule has 6 heteroatoms. The number of aromatic amines is 1. The molecule has 1 saturated heterocycles. The van der Waals surface area contributed by atoms with E-state index in [1.165, 1.54) is 0 Å². The van der Waals surface area contributed by atoms with Gasteiger partial charge in [-0.05, 0) is 42.2 Å². The summed E-state index contributed by atoms with van der Waals surface area (Å²) in [5.74, 6) is 1.04. The summed E-state index contributed by atoms with van der Waals surface area (Å²) >= 11 is 0. The van der Waals surface area contributed by atoms with Crippen LogP contribution in [0.3, 0.4) is 0 Å². The number of ether oxygens (including phenoxy) is 1. The van der Waals surface area contributed by atoms with Gasteiger partial charge < -0.3 is 19.5 Å². The number of fused-ring (bicyclic) bond motifs is 5. The summed E-state index contributed by atoms with van der Waals surface area (Å²) in [6.45, 7) is 7.22. The van der Waals surface area contributed by atoms with Crippen LogP contribution in [0.5, 0.6) is 5.75 Å². The third kappa shape index (κ3) is 2.93. The number of methoxy groups -OCH3 is 1. The van der Waals surface area contributed by atoms with Crippen molar-refractivity contribution in [3.8, 4) is 5.75 Å². The van der Waals surface area contributed by atoms with Gasteiger partial charge in [0.2, 0.25) is 5.91 Å². The lowest BCUT2D eigenvalue weighted by atomic mass is 9.76. The summed E-state index contributed by atoms with van der Waals surface area (Å²) in [7, 11) is 1.65. The number of nitrogens with one attached hydrogen (secondary N) is 1. The molecule has 1 fully saturated rings. The zero-order valence-electron chi connectivity index (χ0n) is 19.0. The molecular weight excluding hydrogens is 402 g/mol. The largest absolute Gasteiger partial charge is 0.497 e. The second-order valence-electron chi connectivity index (χ2n) is 9.44. The summed E-state index contributed by atoms with van der Waals surface area (Å²) in [6.07, 6.45) is 0. The fourth-order valence-electron chi connectivity index (χ4n) is 5.40. The number of para-hydroxylation sites is 1. The van der Waals surface area contributed by atoms with E-state index in [-0.39, 0.29) is 24.3 Å². The first kappa shape index (κ1) is 20.6. The number of carbonyl (C=O) groups is 2. The smallest absolute Gasteiger partial charge is 0.254 e. The van der Waals surface area contributed by atoms with Gasteiger partial charge in [0.05, 0.1) is 19.3 Å². The third-order valence-corrected chi connectivity index (χ3v) is 6.92. The lowest BCUT2D eigenvalue weighted by Crippen LogP contribution is -2.67. The maximum absolute atomic E-state index is 13.8. The Morgan fingerprint density at radius 2 is 1.84 bits per heavy atom. The first-order chi connectivity index (χ1) is 15.3. The monoisotopic (exact) mass is 431 g/mol. The predicted molar refractivity (Wildman–Crippen MR) is 124 cm³/mol. The normalized spacial score (nSPS) is 23.0. The Kier molecular flexibility index (Phi) is 4.77. The second kappa shape index (κ2) is 7.40. The van der Waals surface area contributed by atoms with Crippen molar-refractivity contribution in [3.05, 3.63) is 65.4 Å². The van der Waals surface area contributed by atoms with Crippen LogP contribution in [0.1, 0.15) is 43.5 Å². The molecule has 1 N–H and O–H groups in total. The van der Waals surface area contributed by atoms with Gasteiger partial charge in [0.25, 0.3) is 5.91 Å². The van der Waals surface area contributed by atoms with Crippen LogP contribution in [-0.4, -0.2) is 53.3 Å². The number of hydrogen-bond acceptors (Lipinski definition) is 3. The number of hydrogen-bond donors (Lipinski definition) is 1. The minimum absolute atomic E-state index is 0.00410. The van der Waals surface area contributed by atoms with Crippen LogP contribution in [0.2, 0.25) is 0 Å². The van der Waals surface area contributed by atoms with Gasteiger partial charge in [-0.1, -0.05) is 44.2 Å². The number of amides is 2. The van der Waals surface area contributed by atoms with Crippen molar-refractivity contribution < 1.29 is 14.3 Å². The molecule has 0 aliphatic carbocycles. The number of H-pyrrole nitrogens is 1. The van der Waals surface area contributed by atoms with E-state index in [1.807, 2.05) is 37.3 Å². The van der Waals surface area contributed by atoms with E-state index < -0.39 is 5.54 Å².